The van der Waals surface area contributed by atoms with Crippen molar-refractivity contribution < 1.29 is 14.3 Å². The SMILES string of the molecule is CCOc1ccc(C(=O)NCC2CC(N)C2)cc1OCC. The molecule has 1 aromatic rings. The molecule has 0 bridgehead atoms. The average molecular weight is 292 g/mol. The van der Waals surface area contributed by atoms with Gasteiger partial charge in [-0.15, -0.1) is 0 Å². The molecule has 1 aromatic carbocycles. The summed E-state index contributed by atoms with van der Waals surface area (Å²) in [6, 6.07) is 5.58. The molecule has 5 heteroatoms. The van der Waals surface area contributed by atoms with E-state index >= 15 is 0 Å². The van der Waals surface area contributed by atoms with Gasteiger partial charge in [-0.05, 0) is 50.8 Å². The van der Waals surface area contributed by atoms with Crippen molar-refractivity contribution in [2.24, 2.45) is 11.7 Å². The first-order valence-corrected chi connectivity index (χ1v) is 7.57. The summed E-state index contributed by atoms with van der Waals surface area (Å²) >= 11 is 0. The van der Waals surface area contributed by atoms with E-state index in [1.807, 2.05) is 13.8 Å². The number of nitrogens with one attached hydrogen (secondary N) is 1. The van der Waals surface area contributed by atoms with E-state index < -0.39 is 0 Å². The summed E-state index contributed by atoms with van der Waals surface area (Å²) in [5, 5.41) is 2.95. The Morgan fingerprint density at radius 2 is 1.90 bits per heavy atom. The summed E-state index contributed by atoms with van der Waals surface area (Å²) in [5.41, 5.74) is 6.33. The molecule has 116 valence electrons. The van der Waals surface area contributed by atoms with Gasteiger partial charge in [-0.1, -0.05) is 0 Å². The lowest BCUT2D eigenvalue weighted by atomic mass is 9.81. The molecular formula is C16H24N2O3. The molecule has 0 atom stereocenters. The van der Waals surface area contributed by atoms with Gasteiger partial charge in [-0.2, -0.15) is 0 Å². The van der Waals surface area contributed by atoms with Crippen LogP contribution in [-0.2, 0) is 0 Å². The van der Waals surface area contributed by atoms with Crippen LogP contribution in [0.3, 0.4) is 0 Å². The number of hydrogen-bond donors (Lipinski definition) is 2. The number of rotatable bonds is 7. The van der Waals surface area contributed by atoms with Gasteiger partial charge < -0.3 is 20.5 Å². The van der Waals surface area contributed by atoms with Crippen LogP contribution < -0.4 is 20.5 Å². The van der Waals surface area contributed by atoms with E-state index in [-0.39, 0.29) is 5.91 Å². The van der Waals surface area contributed by atoms with Crippen molar-refractivity contribution in [1.82, 2.24) is 5.32 Å². The van der Waals surface area contributed by atoms with Crippen molar-refractivity contribution in [3.63, 3.8) is 0 Å². The molecule has 3 N–H and O–H groups in total. The topological polar surface area (TPSA) is 73.6 Å². The summed E-state index contributed by atoms with van der Waals surface area (Å²) in [7, 11) is 0. The molecular weight excluding hydrogens is 268 g/mol. The maximum Gasteiger partial charge on any atom is 0.251 e. The number of ether oxygens (including phenoxy) is 2. The molecule has 0 spiro atoms. The summed E-state index contributed by atoms with van der Waals surface area (Å²) in [6.07, 6.45) is 1.99. The minimum absolute atomic E-state index is 0.0838. The van der Waals surface area contributed by atoms with Crippen LogP contribution in [-0.4, -0.2) is 31.7 Å². The predicted octanol–water partition coefficient (Wildman–Crippen LogP) is 1.95. The first-order valence-electron chi connectivity index (χ1n) is 7.57. The zero-order valence-electron chi connectivity index (χ0n) is 12.7. The maximum absolute atomic E-state index is 12.2. The Hall–Kier alpha value is -1.75. The summed E-state index contributed by atoms with van der Waals surface area (Å²) in [6.45, 7) is 5.60. The van der Waals surface area contributed by atoms with Gasteiger partial charge in [0.2, 0.25) is 0 Å². The Balaban J connectivity index is 1.97. The fourth-order valence-electron chi connectivity index (χ4n) is 2.49. The second-order valence-electron chi connectivity index (χ2n) is 5.34. The van der Waals surface area contributed by atoms with Crippen LogP contribution in [0.15, 0.2) is 18.2 Å². The molecule has 0 unspecified atom stereocenters. The van der Waals surface area contributed by atoms with Crippen molar-refractivity contribution in [1.29, 1.82) is 0 Å². The Kier molecular flexibility index (Phi) is 5.44. The largest absolute Gasteiger partial charge is 0.490 e. The standard InChI is InChI=1S/C16H24N2O3/c1-3-20-14-6-5-12(9-15(14)21-4-2)16(19)18-10-11-7-13(17)8-11/h5-6,9,11,13H,3-4,7-8,10,17H2,1-2H3,(H,18,19). The minimum Gasteiger partial charge on any atom is -0.490 e. The van der Waals surface area contributed by atoms with Gasteiger partial charge in [0.25, 0.3) is 5.91 Å². The number of amides is 1. The van der Waals surface area contributed by atoms with E-state index in [9.17, 15) is 4.79 Å². The summed E-state index contributed by atoms with van der Waals surface area (Å²) in [4.78, 5) is 12.2. The highest BCUT2D eigenvalue weighted by molar-refractivity contribution is 5.94. The van der Waals surface area contributed by atoms with Gasteiger partial charge in [0.05, 0.1) is 13.2 Å². The lowest BCUT2D eigenvalue weighted by Crippen LogP contribution is -2.42. The van der Waals surface area contributed by atoms with Crippen LogP contribution in [0.4, 0.5) is 0 Å². The summed E-state index contributed by atoms with van der Waals surface area (Å²) in [5.74, 6) is 1.70. The molecule has 0 saturated heterocycles. The van der Waals surface area contributed by atoms with Crippen molar-refractivity contribution in [2.45, 2.75) is 32.7 Å². The fourth-order valence-corrected chi connectivity index (χ4v) is 2.49. The monoisotopic (exact) mass is 292 g/mol. The van der Waals surface area contributed by atoms with Crippen molar-refractivity contribution in [2.75, 3.05) is 19.8 Å². The van der Waals surface area contributed by atoms with Gasteiger partial charge in [0, 0.05) is 18.2 Å². The molecule has 1 aliphatic rings. The van der Waals surface area contributed by atoms with Crippen LogP contribution in [0.5, 0.6) is 11.5 Å². The van der Waals surface area contributed by atoms with E-state index in [4.69, 9.17) is 15.2 Å². The first-order chi connectivity index (χ1) is 10.1. The van der Waals surface area contributed by atoms with E-state index in [1.54, 1.807) is 18.2 Å². The molecule has 21 heavy (non-hydrogen) atoms. The predicted molar refractivity (Wildman–Crippen MR) is 81.8 cm³/mol. The maximum atomic E-state index is 12.2. The van der Waals surface area contributed by atoms with Crippen molar-refractivity contribution >= 4 is 5.91 Å². The molecule has 1 amide bonds. The van der Waals surface area contributed by atoms with Gasteiger partial charge >= 0.3 is 0 Å². The molecule has 1 saturated carbocycles. The zero-order chi connectivity index (χ0) is 15.2. The van der Waals surface area contributed by atoms with Gasteiger partial charge in [0.15, 0.2) is 11.5 Å². The summed E-state index contributed by atoms with van der Waals surface area (Å²) < 4.78 is 11.0. The Bertz CT molecular complexity index is 484. The molecule has 0 radical (unpaired) electrons. The number of nitrogens with two attached hydrogens (primary N) is 1. The molecule has 1 fully saturated rings. The molecule has 1 aliphatic carbocycles. The lowest BCUT2D eigenvalue weighted by molar-refractivity contribution is 0.0935. The highest BCUT2D eigenvalue weighted by atomic mass is 16.5. The fraction of sp³-hybridized carbons (Fsp3) is 0.562. The Morgan fingerprint density at radius 1 is 1.24 bits per heavy atom. The van der Waals surface area contributed by atoms with Crippen LogP contribution in [0.2, 0.25) is 0 Å². The molecule has 0 aromatic heterocycles. The molecule has 5 nitrogen and oxygen atoms in total. The lowest BCUT2D eigenvalue weighted by Gasteiger charge is -2.32. The number of carbonyl (C=O) groups is 1. The third-order valence-corrected chi connectivity index (χ3v) is 3.63. The van der Waals surface area contributed by atoms with Crippen molar-refractivity contribution in [3.05, 3.63) is 23.8 Å². The zero-order valence-corrected chi connectivity index (χ0v) is 12.7. The normalized spacial score (nSPS) is 20.5. The first kappa shape index (κ1) is 15.6. The molecule has 2 rings (SSSR count). The number of hydrogen-bond acceptors (Lipinski definition) is 4. The number of carbonyl (C=O) groups excluding carboxylic acids is 1. The third-order valence-electron chi connectivity index (χ3n) is 3.63. The Morgan fingerprint density at radius 3 is 2.52 bits per heavy atom. The van der Waals surface area contributed by atoms with E-state index in [0.29, 0.717) is 48.8 Å². The third kappa shape index (κ3) is 4.11. The number of benzene rings is 1. The van der Waals surface area contributed by atoms with E-state index in [0.717, 1.165) is 12.8 Å². The van der Waals surface area contributed by atoms with Crippen LogP contribution in [0.25, 0.3) is 0 Å². The van der Waals surface area contributed by atoms with Crippen LogP contribution in [0, 0.1) is 5.92 Å². The van der Waals surface area contributed by atoms with Gasteiger partial charge in [-0.3, -0.25) is 4.79 Å². The smallest absolute Gasteiger partial charge is 0.251 e. The van der Waals surface area contributed by atoms with E-state index in [1.165, 1.54) is 0 Å². The highest BCUT2D eigenvalue weighted by Crippen LogP contribution is 2.29. The highest BCUT2D eigenvalue weighted by Gasteiger charge is 2.26. The van der Waals surface area contributed by atoms with E-state index in [2.05, 4.69) is 5.32 Å². The molecule has 0 aliphatic heterocycles. The van der Waals surface area contributed by atoms with Crippen molar-refractivity contribution in [3.8, 4) is 11.5 Å². The second-order valence-corrected chi connectivity index (χ2v) is 5.34. The van der Waals surface area contributed by atoms with Gasteiger partial charge in [0.1, 0.15) is 0 Å². The Labute approximate surface area is 125 Å². The minimum atomic E-state index is -0.0838. The molecule has 0 heterocycles. The van der Waals surface area contributed by atoms with Gasteiger partial charge in [-0.25, -0.2) is 0 Å². The van der Waals surface area contributed by atoms with Crippen LogP contribution >= 0.6 is 0 Å². The average Bonchev–Trinajstić information content (AvgIpc) is 2.44. The quantitative estimate of drug-likeness (QED) is 0.805. The van der Waals surface area contributed by atoms with Crippen LogP contribution in [0.1, 0.15) is 37.0 Å². The second kappa shape index (κ2) is 7.31.